The molecule has 2 heterocycles. The number of aromatic nitrogens is 2. The Kier molecular flexibility index (Phi) is 4.36. The number of hydrogen-bond donors (Lipinski definition) is 1. The maximum atomic E-state index is 10.0. The van der Waals surface area contributed by atoms with Gasteiger partial charge in [-0.3, -0.25) is 0 Å². The second-order valence-corrected chi connectivity index (χ2v) is 6.15. The van der Waals surface area contributed by atoms with Crippen LogP contribution < -0.4 is 0 Å². The van der Waals surface area contributed by atoms with Gasteiger partial charge in [-0.25, -0.2) is 0 Å². The topological polar surface area (TPSA) is 68.4 Å². The van der Waals surface area contributed by atoms with Gasteiger partial charge in [0.15, 0.2) is 5.82 Å². The zero-order valence-corrected chi connectivity index (χ0v) is 12.1. The summed E-state index contributed by atoms with van der Waals surface area (Å²) in [4.78, 5) is 4.54. The molecule has 0 radical (unpaired) electrons. The lowest BCUT2D eigenvalue weighted by atomic mass is 9.80. The molecule has 5 nitrogen and oxygen atoms in total. The standard InChI is InChI=1S/C15H24N2O3/c1-2-10-3-5-11(6-4-10)14-16-15(20-17-14)12-9-19-8-7-13(12)18/h10-13,18H,2-9H2,1H3. The minimum atomic E-state index is -0.423. The molecule has 1 aromatic rings. The SMILES string of the molecule is CCC1CCC(c2noc(C3COCCC3O)n2)CC1. The second-order valence-electron chi connectivity index (χ2n) is 6.15. The summed E-state index contributed by atoms with van der Waals surface area (Å²) in [6.07, 6.45) is 6.33. The van der Waals surface area contributed by atoms with Gasteiger partial charge in [0.1, 0.15) is 0 Å². The van der Waals surface area contributed by atoms with Crippen molar-refractivity contribution in [2.75, 3.05) is 13.2 Å². The molecule has 0 spiro atoms. The molecule has 0 amide bonds. The summed E-state index contributed by atoms with van der Waals surface area (Å²) >= 11 is 0. The van der Waals surface area contributed by atoms with E-state index in [-0.39, 0.29) is 5.92 Å². The molecule has 1 saturated heterocycles. The molecule has 2 atom stereocenters. The average molecular weight is 280 g/mol. The van der Waals surface area contributed by atoms with E-state index in [1.54, 1.807) is 0 Å². The van der Waals surface area contributed by atoms with Gasteiger partial charge in [0.2, 0.25) is 5.89 Å². The van der Waals surface area contributed by atoms with Gasteiger partial charge < -0.3 is 14.4 Å². The molecule has 5 heteroatoms. The van der Waals surface area contributed by atoms with E-state index in [4.69, 9.17) is 9.26 Å². The predicted molar refractivity (Wildman–Crippen MR) is 73.5 cm³/mol. The number of nitrogens with zero attached hydrogens (tertiary/aromatic N) is 2. The third-order valence-corrected chi connectivity index (χ3v) is 4.88. The Balaban J connectivity index is 1.64. The normalized spacial score (nSPS) is 35.1. The summed E-state index contributed by atoms with van der Waals surface area (Å²) in [5.41, 5.74) is 0. The van der Waals surface area contributed by atoms with E-state index in [2.05, 4.69) is 17.1 Å². The summed E-state index contributed by atoms with van der Waals surface area (Å²) in [6, 6.07) is 0. The quantitative estimate of drug-likeness (QED) is 0.921. The van der Waals surface area contributed by atoms with Gasteiger partial charge in [-0.05, 0) is 38.0 Å². The molecule has 20 heavy (non-hydrogen) atoms. The second kappa shape index (κ2) is 6.22. The predicted octanol–water partition coefficient (Wildman–Crippen LogP) is 2.62. The van der Waals surface area contributed by atoms with Crippen LogP contribution in [0.4, 0.5) is 0 Å². The zero-order valence-electron chi connectivity index (χ0n) is 12.1. The first kappa shape index (κ1) is 14.0. The lowest BCUT2D eigenvalue weighted by Crippen LogP contribution is -2.30. The van der Waals surface area contributed by atoms with E-state index in [0.717, 1.165) is 24.6 Å². The fraction of sp³-hybridized carbons (Fsp3) is 0.867. The van der Waals surface area contributed by atoms with E-state index in [1.807, 2.05) is 0 Å². The number of aliphatic hydroxyl groups excluding tert-OH is 1. The van der Waals surface area contributed by atoms with Crippen LogP contribution in [0.2, 0.25) is 0 Å². The van der Waals surface area contributed by atoms with Crippen molar-refractivity contribution in [2.45, 2.75) is 63.4 Å². The van der Waals surface area contributed by atoms with Crippen molar-refractivity contribution in [3.05, 3.63) is 11.7 Å². The minimum absolute atomic E-state index is 0.156. The smallest absolute Gasteiger partial charge is 0.234 e. The molecule has 0 aromatic carbocycles. The summed E-state index contributed by atoms with van der Waals surface area (Å²) in [7, 11) is 0. The molecule has 1 aliphatic carbocycles. The van der Waals surface area contributed by atoms with E-state index in [1.165, 1.54) is 19.3 Å². The van der Waals surface area contributed by atoms with Crippen LogP contribution in [0.1, 0.15) is 69.0 Å². The Hall–Kier alpha value is -0.940. The van der Waals surface area contributed by atoms with E-state index < -0.39 is 6.10 Å². The Bertz CT molecular complexity index is 427. The highest BCUT2D eigenvalue weighted by Gasteiger charge is 2.32. The number of ether oxygens (including phenoxy) is 1. The Morgan fingerprint density at radius 2 is 2.00 bits per heavy atom. The van der Waals surface area contributed by atoms with Crippen LogP contribution in [0.5, 0.6) is 0 Å². The monoisotopic (exact) mass is 280 g/mol. The lowest BCUT2D eigenvalue weighted by Gasteiger charge is -2.26. The van der Waals surface area contributed by atoms with Crippen LogP contribution in [0, 0.1) is 5.92 Å². The van der Waals surface area contributed by atoms with Crippen LogP contribution >= 0.6 is 0 Å². The van der Waals surface area contributed by atoms with Crippen LogP contribution in [-0.4, -0.2) is 34.6 Å². The molecule has 2 unspecified atom stereocenters. The van der Waals surface area contributed by atoms with Crippen molar-refractivity contribution in [2.24, 2.45) is 5.92 Å². The first-order chi connectivity index (χ1) is 9.78. The van der Waals surface area contributed by atoms with Gasteiger partial charge in [-0.1, -0.05) is 18.5 Å². The third kappa shape index (κ3) is 2.88. The maximum absolute atomic E-state index is 10.0. The Morgan fingerprint density at radius 1 is 1.20 bits per heavy atom. The van der Waals surface area contributed by atoms with Gasteiger partial charge >= 0.3 is 0 Å². The van der Waals surface area contributed by atoms with Crippen molar-refractivity contribution in [3.63, 3.8) is 0 Å². The maximum Gasteiger partial charge on any atom is 0.234 e. The molecule has 112 valence electrons. The van der Waals surface area contributed by atoms with Crippen LogP contribution in [0.25, 0.3) is 0 Å². The van der Waals surface area contributed by atoms with Crippen molar-refractivity contribution in [3.8, 4) is 0 Å². The Labute approximate surface area is 119 Å². The van der Waals surface area contributed by atoms with E-state index in [9.17, 15) is 5.11 Å². The third-order valence-electron chi connectivity index (χ3n) is 4.88. The van der Waals surface area contributed by atoms with Crippen molar-refractivity contribution in [1.29, 1.82) is 0 Å². The zero-order chi connectivity index (χ0) is 13.9. The largest absolute Gasteiger partial charge is 0.392 e. The minimum Gasteiger partial charge on any atom is -0.392 e. The highest BCUT2D eigenvalue weighted by Crippen LogP contribution is 2.36. The molecular formula is C15H24N2O3. The highest BCUT2D eigenvalue weighted by atomic mass is 16.5. The Morgan fingerprint density at radius 3 is 2.70 bits per heavy atom. The molecular weight excluding hydrogens is 256 g/mol. The van der Waals surface area contributed by atoms with E-state index >= 15 is 0 Å². The number of rotatable bonds is 3. The molecule has 3 rings (SSSR count). The highest BCUT2D eigenvalue weighted by molar-refractivity contribution is 5.03. The van der Waals surface area contributed by atoms with Crippen LogP contribution in [-0.2, 0) is 4.74 Å². The summed E-state index contributed by atoms with van der Waals surface area (Å²) in [5.74, 6) is 2.51. The molecule has 1 N–H and O–H groups in total. The molecule has 1 saturated carbocycles. The van der Waals surface area contributed by atoms with Crippen molar-refractivity contribution < 1.29 is 14.4 Å². The summed E-state index contributed by atoms with van der Waals surface area (Å²) in [6.45, 7) is 3.35. The van der Waals surface area contributed by atoms with Crippen LogP contribution in [0.15, 0.2) is 4.52 Å². The van der Waals surface area contributed by atoms with Crippen molar-refractivity contribution >= 4 is 0 Å². The number of hydrogen-bond acceptors (Lipinski definition) is 5. The van der Waals surface area contributed by atoms with Gasteiger partial charge in [0.05, 0.1) is 18.6 Å². The molecule has 1 aliphatic heterocycles. The number of aliphatic hydroxyl groups is 1. The molecule has 2 fully saturated rings. The van der Waals surface area contributed by atoms with Gasteiger partial charge in [0, 0.05) is 12.5 Å². The van der Waals surface area contributed by atoms with Crippen molar-refractivity contribution in [1.82, 2.24) is 10.1 Å². The van der Waals surface area contributed by atoms with Gasteiger partial charge in [0.25, 0.3) is 0 Å². The van der Waals surface area contributed by atoms with Crippen LogP contribution in [0.3, 0.4) is 0 Å². The first-order valence-corrected chi connectivity index (χ1v) is 7.87. The van der Waals surface area contributed by atoms with E-state index in [0.29, 0.717) is 31.4 Å². The fourth-order valence-electron chi connectivity index (χ4n) is 3.36. The van der Waals surface area contributed by atoms with Gasteiger partial charge in [-0.15, -0.1) is 0 Å². The molecule has 2 aliphatic rings. The summed E-state index contributed by atoms with van der Waals surface area (Å²) < 4.78 is 10.8. The first-order valence-electron chi connectivity index (χ1n) is 7.87. The molecule has 1 aromatic heterocycles. The average Bonchev–Trinajstić information content (AvgIpc) is 2.97. The fourth-order valence-corrected chi connectivity index (χ4v) is 3.36. The van der Waals surface area contributed by atoms with Gasteiger partial charge in [-0.2, -0.15) is 4.98 Å². The lowest BCUT2D eigenvalue weighted by molar-refractivity contribution is -0.0149. The summed E-state index contributed by atoms with van der Waals surface area (Å²) in [5, 5.41) is 14.1. The molecule has 0 bridgehead atoms.